The highest BCUT2D eigenvalue weighted by molar-refractivity contribution is 5.79. The number of imidazole rings is 1. The van der Waals surface area contributed by atoms with Gasteiger partial charge in [0.15, 0.2) is 0 Å². The molecule has 0 radical (unpaired) electrons. The monoisotopic (exact) mass is 218 g/mol. The van der Waals surface area contributed by atoms with Gasteiger partial charge in [0.05, 0.1) is 11.0 Å². The standard InChI is InChI=1S/C12H18N4/c1-3-16-11-5-4-9(13)8-10(11)15-12(16)6-7-14-2/h4-5,8,14H,3,6-7,13H2,1-2H3. The van der Waals surface area contributed by atoms with Crippen LogP contribution in [0.4, 0.5) is 5.69 Å². The summed E-state index contributed by atoms with van der Waals surface area (Å²) in [6.07, 6.45) is 0.943. The zero-order chi connectivity index (χ0) is 11.5. The lowest BCUT2D eigenvalue weighted by Gasteiger charge is -2.05. The van der Waals surface area contributed by atoms with E-state index >= 15 is 0 Å². The molecule has 0 aliphatic carbocycles. The molecule has 0 saturated heterocycles. The van der Waals surface area contributed by atoms with Crippen LogP contribution in [0.25, 0.3) is 11.0 Å². The van der Waals surface area contributed by atoms with Crippen LogP contribution in [0.3, 0.4) is 0 Å². The number of nitrogens with zero attached hydrogens (tertiary/aromatic N) is 2. The van der Waals surface area contributed by atoms with E-state index in [0.717, 1.165) is 36.5 Å². The lowest BCUT2D eigenvalue weighted by atomic mass is 10.3. The average molecular weight is 218 g/mol. The van der Waals surface area contributed by atoms with E-state index in [1.54, 1.807) is 0 Å². The number of benzene rings is 1. The Morgan fingerprint density at radius 2 is 2.25 bits per heavy atom. The summed E-state index contributed by atoms with van der Waals surface area (Å²) in [6.45, 7) is 4.03. The topological polar surface area (TPSA) is 55.9 Å². The van der Waals surface area contributed by atoms with Crippen molar-refractivity contribution < 1.29 is 0 Å². The molecule has 0 atom stereocenters. The zero-order valence-corrected chi connectivity index (χ0v) is 9.83. The summed E-state index contributed by atoms with van der Waals surface area (Å²) >= 11 is 0. The molecule has 0 fully saturated rings. The number of nitrogens with one attached hydrogen (secondary N) is 1. The maximum Gasteiger partial charge on any atom is 0.111 e. The maximum absolute atomic E-state index is 5.76. The molecule has 2 aromatic rings. The number of nitrogen functional groups attached to an aromatic ring is 1. The van der Waals surface area contributed by atoms with Crippen LogP contribution in [0.1, 0.15) is 12.7 Å². The van der Waals surface area contributed by atoms with Gasteiger partial charge in [-0.3, -0.25) is 0 Å². The second-order valence-electron chi connectivity index (χ2n) is 3.87. The van der Waals surface area contributed by atoms with Gasteiger partial charge in [0.25, 0.3) is 0 Å². The molecule has 86 valence electrons. The van der Waals surface area contributed by atoms with Crippen LogP contribution in [0.5, 0.6) is 0 Å². The van der Waals surface area contributed by atoms with Gasteiger partial charge < -0.3 is 15.6 Å². The lowest BCUT2D eigenvalue weighted by molar-refractivity contribution is 0.681. The van der Waals surface area contributed by atoms with Gasteiger partial charge in [0, 0.05) is 25.2 Å². The molecule has 0 amide bonds. The van der Waals surface area contributed by atoms with Gasteiger partial charge in [-0.2, -0.15) is 0 Å². The third kappa shape index (κ3) is 1.88. The number of rotatable bonds is 4. The molecule has 1 aromatic heterocycles. The van der Waals surface area contributed by atoms with Crippen molar-refractivity contribution >= 4 is 16.7 Å². The number of aromatic nitrogens is 2. The molecule has 4 nitrogen and oxygen atoms in total. The smallest absolute Gasteiger partial charge is 0.111 e. The van der Waals surface area contributed by atoms with Crippen molar-refractivity contribution in [2.75, 3.05) is 19.3 Å². The van der Waals surface area contributed by atoms with E-state index in [9.17, 15) is 0 Å². The van der Waals surface area contributed by atoms with Gasteiger partial charge in [-0.25, -0.2) is 4.98 Å². The first-order chi connectivity index (χ1) is 7.76. The maximum atomic E-state index is 5.76. The van der Waals surface area contributed by atoms with Gasteiger partial charge >= 0.3 is 0 Å². The summed E-state index contributed by atoms with van der Waals surface area (Å²) < 4.78 is 2.24. The van der Waals surface area contributed by atoms with E-state index in [-0.39, 0.29) is 0 Å². The predicted octanol–water partition coefficient (Wildman–Crippen LogP) is 1.40. The van der Waals surface area contributed by atoms with Gasteiger partial charge in [0.1, 0.15) is 5.82 Å². The van der Waals surface area contributed by atoms with Crippen LogP contribution < -0.4 is 11.1 Å². The summed E-state index contributed by atoms with van der Waals surface area (Å²) in [5.74, 6) is 1.12. The minimum atomic E-state index is 0.772. The third-order valence-corrected chi connectivity index (χ3v) is 2.77. The minimum Gasteiger partial charge on any atom is -0.399 e. The number of fused-ring (bicyclic) bond motifs is 1. The van der Waals surface area contributed by atoms with Crippen molar-refractivity contribution in [3.05, 3.63) is 24.0 Å². The minimum absolute atomic E-state index is 0.772. The molecule has 4 heteroatoms. The molecule has 0 unspecified atom stereocenters. The normalized spacial score (nSPS) is 11.1. The Kier molecular flexibility index (Phi) is 3.10. The van der Waals surface area contributed by atoms with E-state index in [2.05, 4.69) is 21.8 Å². The first kappa shape index (κ1) is 11.0. The first-order valence-electron chi connectivity index (χ1n) is 5.65. The third-order valence-electron chi connectivity index (χ3n) is 2.77. The first-order valence-corrected chi connectivity index (χ1v) is 5.65. The highest BCUT2D eigenvalue weighted by Crippen LogP contribution is 2.19. The molecule has 1 aromatic carbocycles. The number of hydrogen-bond donors (Lipinski definition) is 2. The predicted molar refractivity (Wildman–Crippen MR) is 67.5 cm³/mol. The number of hydrogen-bond acceptors (Lipinski definition) is 3. The fraction of sp³-hybridized carbons (Fsp3) is 0.417. The molecule has 0 bridgehead atoms. The number of nitrogens with two attached hydrogens (primary N) is 1. The molecular formula is C12H18N4. The molecule has 3 N–H and O–H groups in total. The Balaban J connectivity index is 2.48. The van der Waals surface area contributed by atoms with Crippen molar-refractivity contribution in [2.45, 2.75) is 19.9 Å². The lowest BCUT2D eigenvalue weighted by Crippen LogP contribution is -2.13. The summed E-state index contributed by atoms with van der Waals surface area (Å²) in [7, 11) is 1.96. The molecule has 0 aliphatic heterocycles. The van der Waals surface area contributed by atoms with Crippen molar-refractivity contribution in [1.29, 1.82) is 0 Å². The van der Waals surface area contributed by atoms with Crippen LogP contribution in [0.2, 0.25) is 0 Å². The SMILES string of the molecule is CCn1c(CCNC)nc2cc(N)ccc21. The summed E-state index contributed by atoms with van der Waals surface area (Å²) in [4.78, 5) is 4.62. The molecule has 0 saturated carbocycles. The number of likely N-dealkylation sites (N-methyl/N-ethyl adjacent to an activating group) is 1. The van der Waals surface area contributed by atoms with Crippen LogP contribution in [-0.2, 0) is 13.0 Å². The second-order valence-corrected chi connectivity index (χ2v) is 3.87. The van der Waals surface area contributed by atoms with Crippen molar-refractivity contribution in [3.63, 3.8) is 0 Å². The van der Waals surface area contributed by atoms with Crippen molar-refractivity contribution in [3.8, 4) is 0 Å². The Hall–Kier alpha value is -1.55. The number of anilines is 1. The summed E-state index contributed by atoms with van der Waals surface area (Å²) in [6, 6.07) is 5.91. The Labute approximate surface area is 95.5 Å². The Bertz CT molecular complexity index is 487. The van der Waals surface area contributed by atoms with Crippen LogP contribution >= 0.6 is 0 Å². The van der Waals surface area contributed by atoms with Crippen molar-refractivity contribution in [1.82, 2.24) is 14.9 Å². The average Bonchev–Trinajstić information content (AvgIpc) is 2.62. The van der Waals surface area contributed by atoms with Crippen LogP contribution in [-0.4, -0.2) is 23.1 Å². The van der Waals surface area contributed by atoms with Crippen molar-refractivity contribution in [2.24, 2.45) is 0 Å². The molecule has 1 heterocycles. The van der Waals surface area contributed by atoms with Gasteiger partial charge in [0.2, 0.25) is 0 Å². The zero-order valence-electron chi connectivity index (χ0n) is 9.83. The summed E-state index contributed by atoms with van der Waals surface area (Å²) in [5.41, 5.74) is 8.70. The number of aryl methyl sites for hydroxylation is 1. The summed E-state index contributed by atoms with van der Waals surface area (Å²) in [5, 5.41) is 3.15. The molecule has 0 aliphatic rings. The van der Waals surface area contributed by atoms with Crippen LogP contribution in [0, 0.1) is 0 Å². The van der Waals surface area contributed by atoms with E-state index in [0.29, 0.717) is 0 Å². The fourth-order valence-corrected chi connectivity index (χ4v) is 1.98. The highest BCUT2D eigenvalue weighted by Gasteiger charge is 2.08. The van der Waals surface area contributed by atoms with E-state index in [1.807, 2.05) is 25.2 Å². The quantitative estimate of drug-likeness (QED) is 0.763. The van der Waals surface area contributed by atoms with Gasteiger partial charge in [-0.15, -0.1) is 0 Å². The Morgan fingerprint density at radius 1 is 1.44 bits per heavy atom. The highest BCUT2D eigenvalue weighted by atomic mass is 15.1. The fourth-order valence-electron chi connectivity index (χ4n) is 1.98. The van der Waals surface area contributed by atoms with Gasteiger partial charge in [-0.05, 0) is 32.2 Å². The van der Waals surface area contributed by atoms with E-state index in [4.69, 9.17) is 5.73 Å². The molecule has 0 spiro atoms. The van der Waals surface area contributed by atoms with E-state index < -0.39 is 0 Å². The molecule has 2 rings (SSSR count). The second kappa shape index (κ2) is 4.53. The largest absolute Gasteiger partial charge is 0.399 e. The van der Waals surface area contributed by atoms with Crippen LogP contribution in [0.15, 0.2) is 18.2 Å². The Morgan fingerprint density at radius 3 is 2.94 bits per heavy atom. The molecule has 16 heavy (non-hydrogen) atoms. The molecular weight excluding hydrogens is 200 g/mol. The van der Waals surface area contributed by atoms with Gasteiger partial charge in [-0.1, -0.05) is 0 Å². The van der Waals surface area contributed by atoms with E-state index in [1.165, 1.54) is 5.52 Å².